The molecule has 0 atom stereocenters. The number of carbonyl (C=O) groups is 1. The summed E-state index contributed by atoms with van der Waals surface area (Å²) in [6.45, 7) is 6.05. The van der Waals surface area contributed by atoms with E-state index in [4.69, 9.17) is 16.3 Å². The lowest BCUT2D eigenvalue weighted by Crippen LogP contribution is -2.07. The molecule has 106 valence electrons. The molecule has 0 unspecified atom stereocenters. The zero-order valence-corrected chi connectivity index (χ0v) is 12.6. The van der Waals surface area contributed by atoms with Crippen molar-refractivity contribution in [3.8, 4) is 0 Å². The number of esters is 1. The molecular weight excluding hydrogens is 274 g/mol. The minimum atomic E-state index is -0.388. The number of pyridine rings is 1. The highest BCUT2D eigenvalue weighted by Crippen LogP contribution is 2.13. The first-order valence-electron chi connectivity index (χ1n) is 6.50. The first-order chi connectivity index (χ1) is 9.66. The maximum atomic E-state index is 11.8. The van der Waals surface area contributed by atoms with Gasteiger partial charge in [-0.25, -0.2) is 9.78 Å². The lowest BCUT2D eigenvalue weighted by Gasteiger charge is -2.07. The molecule has 0 radical (unpaired) electrons. The van der Waals surface area contributed by atoms with Crippen molar-refractivity contribution >= 4 is 17.6 Å². The van der Waals surface area contributed by atoms with E-state index < -0.39 is 0 Å². The number of hydrogen-bond acceptors (Lipinski definition) is 3. The SMILES string of the molecule is CC.Cc1cc(Cl)ncc1C(=O)OCc1ccccc1. The molecular formula is C16H18ClNO2. The lowest BCUT2D eigenvalue weighted by molar-refractivity contribution is 0.0471. The Balaban J connectivity index is 0.000000956. The van der Waals surface area contributed by atoms with Gasteiger partial charge in [0.25, 0.3) is 0 Å². The molecule has 2 aromatic rings. The van der Waals surface area contributed by atoms with Gasteiger partial charge in [-0.15, -0.1) is 0 Å². The van der Waals surface area contributed by atoms with Gasteiger partial charge in [0.15, 0.2) is 0 Å². The van der Waals surface area contributed by atoms with Crippen molar-refractivity contribution in [1.29, 1.82) is 0 Å². The molecule has 4 heteroatoms. The van der Waals surface area contributed by atoms with Crippen LogP contribution in [0.3, 0.4) is 0 Å². The van der Waals surface area contributed by atoms with Crippen molar-refractivity contribution in [2.24, 2.45) is 0 Å². The number of nitrogens with zero attached hydrogens (tertiary/aromatic N) is 1. The summed E-state index contributed by atoms with van der Waals surface area (Å²) in [6, 6.07) is 11.2. The van der Waals surface area contributed by atoms with Crippen molar-refractivity contribution in [2.45, 2.75) is 27.4 Å². The van der Waals surface area contributed by atoms with E-state index >= 15 is 0 Å². The molecule has 1 heterocycles. The Kier molecular flexibility index (Phi) is 6.74. The first-order valence-corrected chi connectivity index (χ1v) is 6.88. The number of benzene rings is 1. The average molecular weight is 292 g/mol. The van der Waals surface area contributed by atoms with Gasteiger partial charge in [-0.2, -0.15) is 0 Å². The molecule has 0 fully saturated rings. The topological polar surface area (TPSA) is 39.2 Å². The van der Waals surface area contributed by atoms with Crippen molar-refractivity contribution in [3.05, 3.63) is 64.4 Å². The van der Waals surface area contributed by atoms with E-state index in [-0.39, 0.29) is 12.6 Å². The molecule has 0 saturated heterocycles. The van der Waals surface area contributed by atoms with Gasteiger partial charge in [-0.1, -0.05) is 55.8 Å². The summed E-state index contributed by atoms with van der Waals surface area (Å²) >= 11 is 5.73. The van der Waals surface area contributed by atoms with Crippen LogP contribution in [0, 0.1) is 6.92 Å². The predicted molar refractivity (Wildman–Crippen MR) is 80.9 cm³/mol. The fraction of sp³-hybridized carbons (Fsp3) is 0.250. The molecule has 0 aliphatic rings. The molecule has 0 saturated carbocycles. The second-order valence-corrected chi connectivity index (χ2v) is 4.27. The average Bonchev–Trinajstić information content (AvgIpc) is 2.48. The molecule has 1 aromatic heterocycles. The van der Waals surface area contributed by atoms with Gasteiger partial charge in [0.05, 0.1) is 5.56 Å². The summed E-state index contributed by atoms with van der Waals surface area (Å²) in [5.74, 6) is -0.388. The van der Waals surface area contributed by atoms with Crippen LogP contribution in [0.4, 0.5) is 0 Å². The second-order valence-electron chi connectivity index (χ2n) is 3.88. The Bertz CT molecular complexity index is 556. The van der Waals surface area contributed by atoms with Gasteiger partial charge in [0.1, 0.15) is 11.8 Å². The summed E-state index contributed by atoms with van der Waals surface area (Å²) in [7, 11) is 0. The lowest BCUT2D eigenvalue weighted by atomic mass is 10.2. The van der Waals surface area contributed by atoms with Crippen LogP contribution in [0.25, 0.3) is 0 Å². The normalized spacial score (nSPS) is 9.40. The molecule has 2 rings (SSSR count). The van der Waals surface area contributed by atoms with E-state index in [1.165, 1.54) is 6.20 Å². The number of aryl methyl sites for hydroxylation is 1. The Labute approximate surface area is 124 Å². The van der Waals surface area contributed by atoms with E-state index in [2.05, 4.69) is 4.98 Å². The summed E-state index contributed by atoms with van der Waals surface area (Å²) < 4.78 is 5.21. The standard InChI is InChI=1S/C14H12ClNO2.C2H6/c1-10-7-13(15)16-8-12(10)14(17)18-9-11-5-3-2-4-6-11;1-2/h2-8H,9H2,1H3;1-2H3. The van der Waals surface area contributed by atoms with Gasteiger partial charge in [0.2, 0.25) is 0 Å². The molecule has 0 spiro atoms. The highest BCUT2D eigenvalue weighted by atomic mass is 35.5. The van der Waals surface area contributed by atoms with Gasteiger partial charge >= 0.3 is 5.97 Å². The highest BCUT2D eigenvalue weighted by Gasteiger charge is 2.11. The number of ether oxygens (including phenoxy) is 1. The van der Waals surface area contributed by atoms with Crippen LogP contribution in [0.1, 0.15) is 35.3 Å². The Morgan fingerprint density at radius 3 is 2.50 bits per heavy atom. The van der Waals surface area contributed by atoms with Crippen LogP contribution in [0.15, 0.2) is 42.6 Å². The summed E-state index contributed by atoms with van der Waals surface area (Å²) in [4.78, 5) is 15.7. The third-order valence-electron chi connectivity index (χ3n) is 2.51. The van der Waals surface area contributed by atoms with E-state index in [1.807, 2.05) is 44.2 Å². The van der Waals surface area contributed by atoms with Gasteiger partial charge < -0.3 is 4.74 Å². The fourth-order valence-electron chi connectivity index (χ4n) is 1.54. The third-order valence-corrected chi connectivity index (χ3v) is 2.72. The van der Waals surface area contributed by atoms with Crippen LogP contribution in [0.5, 0.6) is 0 Å². The smallest absolute Gasteiger partial charge is 0.340 e. The molecule has 0 aliphatic carbocycles. The number of hydrogen-bond donors (Lipinski definition) is 0. The number of rotatable bonds is 3. The minimum Gasteiger partial charge on any atom is -0.457 e. The maximum Gasteiger partial charge on any atom is 0.340 e. The van der Waals surface area contributed by atoms with Gasteiger partial charge in [-0.05, 0) is 24.1 Å². The zero-order valence-electron chi connectivity index (χ0n) is 11.9. The summed E-state index contributed by atoms with van der Waals surface area (Å²) in [5.41, 5.74) is 2.15. The first kappa shape index (κ1) is 16.2. The molecule has 1 aromatic carbocycles. The largest absolute Gasteiger partial charge is 0.457 e. The summed E-state index contributed by atoms with van der Waals surface area (Å²) in [5, 5.41) is 0.368. The third kappa shape index (κ3) is 4.67. The van der Waals surface area contributed by atoms with E-state index in [0.717, 1.165) is 11.1 Å². The van der Waals surface area contributed by atoms with Crippen molar-refractivity contribution in [1.82, 2.24) is 4.98 Å². The van der Waals surface area contributed by atoms with Gasteiger partial charge in [0, 0.05) is 6.20 Å². The number of halogens is 1. The van der Waals surface area contributed by atoms with Crippen molar-refractivity contribution in [2.75, 3.05) is 0 Å². The van der Waals surface area contributed by atoms with Crippen LogP contribution in [-0.4, -0.2) is 11.0 Å². The second kappa shape index (κ2) is 8.33. The summed E-state index contributed by atoms with van der Waals surface area (Å²) in [6.07, 6.45) is 1.44. The van der Waals surface area contributed by atoms with E-state index in [9.17, 15) is 4.79 Å². The number of carbonyl (C=O) groups excluding carboxylic acids is 1. The molecule has 20 heavy (non-hydrogen) atoms. The molecule has 0 N–H and O–H groups in total. The Hall–Kier alpha value is -1.87. The van der Waals surface area contributed by atoms with Crippen LogP contribution >= 0.6 is 11.6 Å². The molecule has 0 amide bonds. The van der Waals surface area contributed by atoms with Crippen molar-refractivity contribution < 1.29 is 9.53 Å². The fourth-order valence-corrected chi connectivity index (χ4v) is 1.75. The molecule has 0 aliphatic heterocycles. The van der Waals surface area contributed by atoms with E-state index in [0.29, 0.717) is 10.7 Å². The van der Waals surface area contributed by atoms with Crippen molar-refractivity contribution in [3.63, 3.8) is 0 Å². The maximum absolute atomic E-state index is 11.8. The van der Waals surface area contributed by atoms with Crippen LogP contribution < -0.4 is 0 Å². The van der Waals surface area contributed by atoms with Gasteiger partial charge in [-0.3, -0.25) is 0 Å². The zero-order chi connectivity index (χ0) is 15.0. The van der Waals surface area contributed by atoms with E-state index in [1.54, 1.807) is 13.0 Å². The van der Waals surface area contributed by atoms with Crippen LogP contribution in [0.2, 0.25) is 5.15 Å². The highest BCUT2D eigenvalue weighted by molar-refractivity contribution is 6.29. The van der Waals surface area contributed by atoms with Crippen LogP contribution in [-0.2, 0) is 11.3 Å². The quantitative estimate of drug-likeness (QED) is 0.620. The minimum absolute atomic E-state index is 0.252. The Morgan fingerprint density at radius 2 is 1.90 bits per heavy atom. The predicted octanol–water partition coefficient (Wildman–Crippen LogP) is 4.43. The Morgan fingerprint density at radius 1 is 1.25 bits per heavy atom. The monoisotopic (exact) mass is 291 g/mol. The molecule has 0 bridgehead atoms. The number of aromatic nitrogens is 1. The molecule has 3 nitrogen and oxygen atoms in total.